The van der Waals surface area contributed by atoms with Crippen molar-refractivity contribution in [2.75, 3.05) is 26.2 Å². The van der Waals surface area contributed by atoms with E-state index in [0.29, 0.717) is 13.2 Å². The lowest BCUT2D eigenvalue weighted by molar-refractivity contribution is -0.123. The van der Waals surface area contributed by atoms with E-state index in [0.717, 1.165) is 50.2 Å². The minimum Gasteiger partial charge on any atom is -0.494 e. The highest BCUT2D eigenvalue weighted by molar-refractivity contribution is 5.76. The summed E-state index contributed by atoms with van der Waals surface area (Å²) in [4.78, 5) is 13.5. The van der Waals surface area contributed by atoms with Crippen molar-refractivity contribution in [3.8, 4) is 5.75 Å². The number of nitrogens with zero attached hydrogens (tertiary/aromatic N) is 1. The maximum absolute atomic E-state index is 11.1. The Bertz CT molecular complexity index is 439. The lowest BCUT2D eigenvalue weighted by Crippen LogP contribution is -2.39. The van der Waals surface area contributed by atoms with Crippen LogP contribution in [0.2, 0.25) is 0 Å². The van der Waals surface area contributed by atoms with E-state index in [-0.39, 0.29) is 11.8 Å². The SMILES string of the molecule is NCc1ccc(OCCCN2CCC(C(N)=O)CC2)cc1. The Hall–Kier alpha value is -1.59. The Morgan fingerprint density at radius 1 is 1.24 bits per heavy atom. The molecular formula is C16H25N3O2. The molecule has 21 heavy (non-hydrogen) atoms. The van der Waals surface area contributed by atoms with Gasteiger partial charge in [-0.15, -0.1) is 0 Å². The monoisotopic (exact) mass is 291 g/mol. The van der Waals surface area contributed by atoms with Crippen molar-refractivity contribution >= 4 is 5.91 Å². The topological polar surface area (TPSA) is 81.6 Å². The molecule has 2 rings (SSSR count). The Balaban J connectivity index is 1.60. The fraction of sp³-hybridized carbons (Fsp3) is 0.562. The van der Waals surface area contributed by atoms with Crippen molar-refractivity contribution in [3.63, 3.8) is 0 Å². The Morgan fingerprint density at radius 2 is 1.90 bits per heavy atom. The summed E-state index contributed by atoms with van der Waals surface area (Å²) in [5.41, 5.74) is 12.0. The van der Waals surface area contributed by atoms with Gasteiger partial charge in [0.05, 0.1) is 6.61 Å². The van der Waals surface area contributed by atoms with Crippen molar-refractivity contribution in [1.29, 1.82) is 0 Å². The highest BCUT2D eigenvalue weighted by atomic mass is 16.5. The van der Waals surface area contributed by atoms with Gasteiger partial charge in [0.25, 0.3) is 0 Å². The van der Waals surface area contributed by atoms with Gasteiger partial charge in [0.15, 0.2) is 0 Å². The van der Waals surface area contributed by atoms with Gasteiger partial charge in [0.1, 0.15) is 5.75 Å². The fourth-order valence-corrected chi connectivity index (χ4v) is 2.64. The average Bonchev–Trinajstić information content (AvgIpc) is 2.52. The van der Waals surface area contributed by atoms with Crippen molar-refractivity contribution in [2.45, 2.75) is 25.8 Å². The molecule has 1 aromatic rings. The predicted molar refractivity (Wildman–Crippen MR) is 82.8 cm³/mol. The van der Waals surface area contributed by atoms with Gasteiger partial charge in [0.2, 0.25) is 5.91 Å². The number of likely N-dealkylation sites (tertiary alicyclic amines) is 1. The van der Waals surface area contributed by atoms with Crippen LogP contribution < -0.4 is 16.2 Å². The van der Waals surface area contributed by atoms with Crippen LogP contribution in [0.5, 0.6) is 5.75 Å². The van der Waals surface area contributed by atoms with Crippen LogP contribution in [0, 0.1) is 5.92 Å². The van der Waals surface area contributed by atoms with E-state index in [1.807, 2.05) is 24.3 Å². The number of piperidine rings is 1. The number of hydrogen-bond donors (Lipinski definition) is 2. The second-order valence-electron chi connectivity index (χ2n) is 5.57. The standard InChI is InChI=1S/C16H25N3O2/c17-12-13-2-4-15(5-3-13)21-11-1-8-19-9-6-14(7-10-19)16(18)20/h2-5,14H,1,6-12,17H2,(H2,18,20). The van der Waals surface area contributed by atoms with Gasteiger partial charge in [-0.2, -0.15) is 0 Å². The van der Waals surface area contributed by atoms with Crippen LogP contribution in [0.4, 0.5) is 0 Å². The summed E-state index contributed by atoms with van der Waals surface area (Å²) in [7, 11) is 0. The summed E-state index contributed by atoms with van der Waals surface area (Å²) in [5, 5.41) is 0. The first-order valence-corrected chi connectivity index (χ1v) is 7.62. The Kier molecular flexibility index (Phi) is 6.02. The molecular weight excluding hydrogens is 266 g/mol. The van der Waals surface area contributed by atoms with Crippen molar-refractivity contribution in [1.82, 2.24) is 4.90 Å². The van der Waals surface area contributed by atoms with Gasteiger partial charge in [-0.25, -0.2) is 0 Å². The molecule has 0 aromatic heterocycles. The summed E-state index contributed by atoms with van der Waals surface area (Å²) < 4.78 is 5.71. The molecule has 1 amide bonds. The number of hydrogen-bond acceptors (Lipinski definition) is 4. The third-order valence-electron chi connectivity index (χ3n) is 4.04. The smallest absolute Gasteiger partial charge is 0.220 e. The summed E-state index contributed by atoms with van der Waals surface area (Å²) >= 11 is 0. The molecule has 1 saturated heterocycles. The van der Waals surface area contributed by atoms with E-state index >= 15 is 0 Å². The van der Waals surface area contributed by atoms with Gasteiger partial charge in [-0.1, -0.05) is 12.1 Å². The number of carbonyl (C=O) groups is 1. The fourth-order valence-electron chi connectivity index (χ4n) is 2.64. The maximum Gasteiger partial charge on any atom is 0.220 e. The average molecular weight is 291 g/mol. The van der Waals surface area contributed by atoms with Gasteiger partial charge in [-0.3, -0.25) is 4.79 Å². The van der Waals surface area contributed by atoms with Crippen LogP contribution in [0.15, 0.2) is 24.3 Å². The Labute approximate surface area is 126 Å². The van der Waals surface area contributed by atoms with E-state index < -0.39 is 0 Å². The number of primary amides is 1. The summed E-state index contributed by atoms with van der Waals surface area (Å²) in [5.74, 6) is 0.803. The molecule has 1 fully saturated rings. The van der Waals surface area contributed by atoms with Gasteiger partial charge < -0.3 is 21.1 Å². The number of rotatable bonds is 7. The van der Waals surface area contributed by atoms with E-state index in [1.54, 1.807) is 0 Å². The molecule has 116 valence electrons. The minimum absolute atomic E-state index is 0.0681. The van der Waals surface area contributed by atoms with Gasteiger partial charge in [0, 0.05) is 19.0 Å². The zero-order valence-electron chi connectivity index (χ0n) is 12.5. The molecule has 5 nitrogen and oxygen atoms in total. The zero-order valence-corrected chi connectivity index (χ0v) is 12.5. The third-order valence-corrected chi connectivity index (χ3v) is 4.04. The molecule has 0 spiro atoms. The summed E-state index contributed by atoms with van der Waals surface area (Å²) in [6.45, 7) is 4.18. The third kappa shape index (κ3) is 5.02. The van der Waals surface area contributed by atoms with Gasteiger partial charge in [-0.05, 0) is 50.0 Å². The number of benzene rings is 1. The lowest BCUT2D eigenvalue weighted by atomic mass is 9.96. The van der Waals surface area contributed by atoms with E-state index in [1.165, 1.54) is 0 Å². The second kappa shape index (κ2) is 8.00. The van der Waals surface area contributed by atoms with Crippen molar-refractivity contribution in [2.24, 2.45) is 17.4 Å². The molecule has 0 saturated carbocycles. The first-order chi connectivity index (χ1) is 10.2. The van der Waals surface area contributed by atoms with E-state index in [4.69, 9.17) is 16.2 Å². The van der Waals surface area contributed by atoms with Crippen LogP contribution in [0.25, 0.3) is 0 Å². The number of nitrogens with two attached hydrogens (primary N) is 2. The normalized spacial score (nSPS) is 16.8. The quantitative estimate of drug-likeness (QED) is 0.737. The molecule has 0 atom stereocenters. The molecule has 5 heteroatoms. The zero-order chi connectivity index (χ0) is 15.1. The second-order valence-corrected chi connectivity index (χ2v) is 5.57. The van der Waals surface area contributed by atoms with E-state index in [9.17, 15) is 4.79 Å². The lowest BCUT2D eigenvalue weighted by Gasteiger charge is -2.30. The highest BCUT2D eigenvalue weighted by Gasteiger charge is 2.22. The van der Waals surface area contributed by atoms with E-state index in [2.05, 4.69) is 4.90 Å². The Morgan fingerprint density at radius 3 is 2.48 bits per heavy atom. The molecule has 1 aromatic carbocycles. The van der Waals surface area contributed by atoms with Crippen molar-refractivity contribution < 1.29 is 9.53 Å². The van der Waals surface area contributed by atoms with Crippen LogP contribution in [0.3, 0.4) is 0 Å². The molecule has 0 aliphatic carbocycles. The minimum atomic E-state index is -0.154. The molecule has 0 unspecified atom stereocenters. The molecule has 1 heterocycles. The maximum atomic E-state index is 11.1. The van der Waals surface area contributed by atoms with Crippen molar-refractivity contribution in [3.05, 3.63) is 29.8 Å². The van der Waals surface area contributed by atoms with Crippen LogP contribution >= 0.6 is 0 Å². The molecule has 1 aliphatic heterocycles. The number of ether oxygens (including phenoxy) is 1. The molecule has 0 bridgehead atoms. The highest BCUT2D eigenvalue weighted by Crippen LogP contribution is 2.17. The predicted octanol–water partition coefficient (Wildman–Crippen LogP) is 1.11. The van der Waals surface area contributed by atoms with Crippen LogP contribution in [-0.4, -0.2) is 37.0 Å². The molecule has 4 N–H and O–H groups in total. The first-order valence-electron chi connectivity index (χ1n) is 7.62. The summed E-state index contributed by atoms with van der Waals surface area (Å²) in [6, 6.07) is 7.90. The van der Waals surface area contributed by atoms with Crippen LogP contribution in [0.1, 0.15) is 24.8 Å². The van der Waals surface area contributed by atoms with Gasteiger partial charge >= 0.3 is 0 Å². The largest absolute Gasteiger partial charge is 0.494 e. The first kappa shape index (κ1) is 15.8. The van der Waals surface area contributed by atoms with Crippen LogP contribution in [-0.2, 0) is 11.3 Å². The molecule has 0 radical (unpaired) electrons. The number of amides is 1. The number of carbonyl (C=O) groups excluding carboxylic acids is 1. The molecule has 1 aliphatic rings. The summed E-state index contributed by atoms with van der Waals surface area (Å²) in [6.07, 6.45) is 2.76.